The van der Waals surface area contributed by atoms with Gasteiger partial charge in [0.1, 0.15) is 31.5 Å². The number of ketones is 1. The highest BCUT2D eigenvalue weighted by molar-refractivity contribution is 6.84. The highest BCUT2D eigenvalue weighted by Gasteiger charge is 2.79. The minimum atomic E-state index is -3.44. The van der Waals surface area contributed by atoms with Crippen LogP contribution in [-0.4, -0.2) is 89.3 Å². The second-order valence-corrected chi connectivity index (χ2v) is 31.9. The summed E-state index contributed by atoms with van der Waals surface area (Å²) >= 11 is 0. The van der Waals surface area contributed by atoms with Gasteiger partial charge in [-0.15, -0.1) is 0 Å². The number of rotatable bonds is 12. The van der Waals surface area contributed by atoms with Crippen molar-refractivity contribution in [2.45, 2.75) is 159 Å². The number of hydroxylamine groups is 2. The molecular formula is C41H63NO10Si3. The molecule has 5 rings (SSSR count). The first-order valence-electron chi connectivity index (χ1n) is 19.7. The number of β-lactam (4-membered cyclic amide) rings is 1. The Morgan fingerprint density at radius 2 is 1.35 bits per heavy atom. The highest BCUT2D eigenvalue weighted by Crippen LogP contribution is 2.57. The molecule has 2 aliphatic heterocycles. The van der Waals surface area contributed by atoms with E-state index in [0.29, 0.717) is 0 Å². The molecule has 3 fully saturated rings. The Bertz CT molecular complexity index is 1680. The van der Waals surface area contributed by atoms with Gasteiger partial charge in [0.2, 0.25) is 5.91 Å². The zero-order valence-electron chi connectivity index (χ0n) is 35.0. The molecule has 1 saturated carbocycles. The van der Waals surface area contributed by atoms with Gasteiger partial charge >= 0.3 is 23.1 Å². The molecule has 11 nitrogen and oxygen atoms in total. The molecule has 304 valence electrons. The van der Waals surface area contributed by atoms with E-state index in [2.05, 4.69) is 55.4 Å². The summed E-state index contributed by atoms with van der Waals surface area (Å²) in [5.41, 5.74) is -3.42. The smallest absolute Gasteiger partial charge is 0.338 e. The Hall–Kier alpha value is -2.54. The van der Waals surface area contributed by atoms with E-state index in [1.807, 2.05) is 64.2 Å². The maximum absolute atomic E-state index is 15.8. The number of carbonyl (C=O) groups excluding carboxylic acids is 3. The van der Waals surface area contributed by atoms with Crippen molar-refractivity contribution in [2.24, 2.45) is 0 Å². The van der Waals surface area contributed by atoms with Gasteiger partial charge in [0.25, 0.3) is 0 Å². The zero-order chi connectivity index (χ0) is 40.9. The van der Waals surface area contributed by atoms with E-state index in [-0.39, 0.29) is 40.8 Å². The van der Waals surface area contributed by atoms with Crippen molar-refractivity contribution in [1.29, 1.82) is 0 Å². The van der Waals surface area contributed by atoms with Crippen LogP contribution >= 0.6 is 0 Å². The topological polar surface area (TPSA) is 130 Å². The lowest BCUT2D eigenvalue weighted by Crippen LogP contribution is -2.86. The van der Waals surface area contributed by atoms with E-state index < -0.39 is 84.2 Å². The van der Waals surface area contributed by atoms with Crippen LogP contribution in [0.15, 0.2) is 60.7 Å². The van der Waals surface area contributed by atoms with Gasteiger partial charge in [0, 0.05) is 0 Å². The van der Waals surface area contributed by atoms with Crippen LogP contribution < -0.4 is 0 Å². The molecule has 0 radical (unpaired) electrons. The van der Waals surface area contributed by atoms with Gasteiger partial charge in [-0.3, -0.25) is 14.4 Å². The first-order valence-corrected chi connectivity index (χ1v) is 26.6. The van der Waals surface area contributed by atoms with E-state index >= 15 is 4.79 Å². The van der Waals surface area contributed by atoms with E-state index in [1.165, 1.54) is 0 Å². The maximum Gasteiger partial charge on any atom is 0.338 e. The van der Waals surface area contributed by atoms with Crippen molar-refractivity contribution in [1.82, 2.24) is 5.06 Å². The molecule has 1 aliphatic carbocycles. The standard InChI is InChI=1S/C41H63NO10Si3/c1-27(2)54(28(3)4)50-36-37(51-55(52-54,29(5)6)30(7)8)41(46,26-47-38(45)32-22-18-15-19-23-32)35(49-53(12,13)39(9,10)11)34(44)40(36)24-33(43)42(40)48-25-31-20-16-14-17-21-31/h14-23,27-30,35-37,46H,24-26H2,1-13H3/t35-,36?,37?,40-,41+/m0/s1. The molecule has 3 aliphatic rings. The molecule has 1 N–H and O–H groups in total. The number of benzene rings is 2. The fourth-order valence-corrected chi connectivity index (χ4v) is 20.7. The van der Waals surface area contributed by atoms with Gasteiger partial charge in [-0.2, -0.15) is 0 Å². The van der Waals surface area contributed by atoms with E-state index in [1.54, 1.807) is 30.3 Å². The number of ether oxygens (including phenoxy) is 1. The fraction of sp³-hybridized carbons (Fsp3) is 0.634. The molecule has 5 atom stereocenters. The number of aliphatic hydroxyl groups is 1. The highest BCUT2D eigenvalue weighted by atomic mass is 28.5. The van der Waals surface area contributed by atoms with Crippen molar-refractivity contribution in [3.8, 4) is 0 Å². The summed E-state index contributed by atoms with van der Waals surface area (Å²) in [5, 5.41) is 14.3. The molecular weight excluding hydrogens is 751 g/mol. The summed E-state index contributed by atoms with van der Waals surface area (Å²) in [7, 11) is -9.74. The van der Waals surface area contributed by atoms with Gasteiger partial charge < -0.3 is 27.2 Å². The number of Topliss-reactive ketones (excluding diaryl/α,β-unsaturated/α-hetero) is 1. The second kappa shape index (κ2) is 15.7. The Kier molecular flexibility index (Phi) is 12.4. The largest absolute Gasteiger partial charge is 0.459 e. The van der Waals surface area contributed by atoms with Crippen molar-refractivity contribution >= 4 is 43.1 Å². The number of carbonyl (C=O) groups is 3. The lowest BCUT2D eigenvalue weighted by Gasteiger charge is -2.62. The van der Waals surface area contributed by atoms with Crippen LogP contribution in [0, 0.1) is 0 Å². The number of amides is 1. The van der Waals surface area contributed by atoms with Crippen LogP contribution in [0.2, 0.25) is 40.3 Å². The van der Waals surface area contributed by atoms with Gasteiger partial charge in [-0.25, -0.2) is 9.86 Å². The number of fused-ring (bicyclic) bond motifs is 2. The Balaban J connectivity index is 1.79. The normalized spacial score (nSPS) is 28.1. The van der Waals surface area contributed by atoms with E-state index in [0.717, 1.165) is 10.6 Å². The van der Waals surface area contributed by atoms with Crippen LogP contribution in [0.25, 0.3) is 0 Å². The van der Waals surface area contributed by atoms with Crippen molar-refractivity contribution in [3.05, 3.63) is 71.8 Å². The maximum atomic E-state index is 15.8. The summed E-state index contributed by atoms with van der Waals surface area (Å²) in [5.74, 6) is -1.65. The quantitative estimate of drug-likeness (QED) is 0.128. The van der Waals surface area contributed by atoms with Crippen molar-refractivity contribution in [3.63, 3.8) is 0 Å². The molecule has 2 heterocycles. The first-order chi connectivity index (χ1) is 25.5. The Morgan fingerprint density at radius 3 is 1.82 bits per heavy atom. The minimum Gasteiger partial charge on any atom is -0.459 e. The second-order valence-electron chi connectivity index (χ2n) is 18.3. The number of hydrogen-bond acceptors (Lipinski definition) is 10. The minimum absolute atomic E-state index is 0.0106. The SMILES string of the molecule is CC(C)[Si]1(C(C)C)OC2C(O[Si](C(C)C)(C(C)C)O1)[C@@](O)(COC(=O)c1ccccc1)[C@@H](O[Si](C)(C)C(C)(C)C)C(=O)[C@@]21CC(=O)N1OCc1ccccc1. The van der Waals surface area contributed by atoms with Gasteiger partial charge in [-0.05, 0) is 58.0 Å². The fourth-order valence-electron chi connectivity index (χ4n) is 8.06. The summed E-state index contributed by atoms with van der Waals surface area (Å²) in [6, 6.07) is 17.9. The monoisotopic (exact) mass is 813 g/mol. The average molecular weight is 814 g/mol. The molecule has 0 bridgehead atoms. The third kappa shape index (κ3) is 7.51. The molecule has 2 aromatic carbocycles. The molecule has 2 aromatic rings. The molecule has 1 amide bonds. The Morgan fingerprint density at radius 1 is 0.855 bits per heavy atom. The summed E-state index contributed by atoms with van der Waals surface area (Å²) in [4.78, 5) is 49.6. The Labute approximate surface area is 330 Å². The molecule has 2 saturated heterocycles. The van der Waals surface area contributed by atoms with Crippen LogP contribution in [0.4, 0.5) is 0 Å². The number of nitrogens with zero attached hydrogens (tertiary/aromatic N) is 1. The molecule has 2 unspecified atom stereocenters. The average Bonchev–Trinajstić information content (AvgIpc) is 3.29. The third-order valence-corrected chi connectivity index (χ3v) is 27.1. The predicted molar refractivity (Wildman–Crippen MR) is 217 cm³/mol. The summed E-state index contributed by atoms with van der Waals surface area (Å²) in [6.45, 7) is 26.0. The van der Waals surface area contributed by atoms with Gasteiger partial charge in [-0.1, -0.05) is 125 Å². The molecule has 55 heavy (non-hydrogen) atoms. The van der Waals surface area contributed by atoms with E-state index in [9.17, 15) is 14.7 Å². The number of hydrogen-bond donors (Lipinski definition) is 1. The van der Waals surface area contributed by atoms with E-state index in [4.69, 9.17) is 27.0 Å². The predicted octanol–water partition coefficient (Wildman–Crippen LogP) is 7.98. The van der Waals surface area contributed by atoms with Gasteiger partial charge in [0.15, 0.2) is 25.2 Å². The van der Waals surface area contributed by atoms with Crippen LogP contribution in [0.1, 0.15) is 98.5 Å². The van der Waals surface area contributed by atoms with Crippen LogP contribution in [0.3, 0.4) is 0 Å². The summed E-state index contributed by atoms with van der Waals surface area (Å²) < 4.78 is 35.4. The van der Waals surface area contributed by atoms with Gasteiger partial charge in [0.05, 0.1) is 12.0 Å². The first kappa shape index (κ1) is 43.6. The lowest BCUT2D eigenvalue weighted by atomic mass is 9.63. The molecule has 14 heteroatoms. The molecule has 0 aromatic heterocycles. The van der Waals surface area contributed by atoms with Crippen LogP contribution in [-0.2, 0) is 43.2 Å². The van der Waals surface area contributed by atoms with Crippen molar-refractivity contribution < 1.29 is 46.5 Å². The summed E-state index contributed by atoms with van der Waals surface area (Å²) in [6.07, 6.45) is -4.42. The lowest BCUT2D eigenvalue weighted by molar-refractivity contribution is -0.303. The third-order valence-electron chi connectivity index (χ3n) is 12.4. The van der Waals surface area contributed by atoms with Crippen LogP contribution in [0.5, 0.6) is 0 Å². The molecule has 1 spiro atoms. The number of esters is 1. The zero-order valence-corrected chi connectivity index (χ0v) is 38.0. The van der Waals surface area contributed by atoms with Crippen molar-refractivity contribution in [2.75, 3.05) is 6.61 Å².